The molecule has 6 heteroatoms. The topological polar surface area (TPSA) is 86.6 Å². The van der Waals surface area contributed by atoms with Crippen molar-refractivity contribution in [2.45, 2.75) is 38.1 Å². The fraction of sp³-hybridized carbons (Fsp3) is 0.556. The number of carboxylic acids is 2. The first-order chi connectivity index (χ1) is 11.0. The lowest BCUT2D eigenvalue weighted by Gasteiger charge is -2.41. The number of carboxylic acid groups (broad SMARTS) is 2. The van der Waals surface area contributed by atoms with Crippen LogP contribution in [0.2, 0.25) is 0 Å². The molecule has 0 spiro atoms. The van der Waals surface area contributed by atoms with Gasteiger partial charge in [-0.2, -0.15) is 0 Å². The molecule has 4 atom stereocenters. The molecule has 5 nitrogen and oxygen atoms in total. The molecular weight excluding hydrogens is 330 g/mol. The quantitative estimate of drug-likeness (QED) is 0.774. The molecular formula is C18H24ClNO4. The zero-order chi connectivity index (χ0) is 16.4. The highest BCUT2D eigenvalue weighted by molar-refractivity contribution is 5.89. The molecule has 0 unspecified atom stereocenters. The number of aromatic carboxylic acids is 1. The highest BCUT2D eigenvalue weighted by Crippen LogP contribution is 2.40. The maximum absolute atomic E-state index is 11.3. The Labute approximate surface area is 147 Å². The van der Waals surface area contributed by atoms with E-state index in [-0.39, 0.29) is 12.4 Å². The van der Waals surface area contributed by atoms with Gasteiger partial charge in [-0.05, 0) is 68.0 Å². The van der Waals surface area contributed by atoms with Gasteiger partial charge in [0.05, 0.1) is 5.56 Å². The minimum atomic E-state index is -0.873. The molecule has 1 aliphatic carbocycles. The summed E-state index contributed by atoms with van der Waals surface area (Å²) < 4.78 is 0. The van der Waals surface area contributed by atoms with Crippen molar-refractivity contribution >= 4 is 24.3 Å². The van der Waals surface area contributed by atoms with Crippen LogP contribution < -0.4 is 5.32 Å². The minimum absolute atomic E-state index is 0. The van der Waals surface area contributed by atoms with Crippen molar-refractivity contribution in [3.8, 4) is 0 Å². The summed E-state index contributed by atoms with van der Waals surface area (Å²) in [5, 5.41) is 21.6. The number of halogens is 1. The van der Waals surface area contributed by atoms with Gasteiger partial charge in [-0.1, -0.05) is 18.2 Å². The number of rotatable bonds is 4. The van der Waals surface area contributed by atoms with Gasteiger partial charge in [0, 0.05) is 0 Å². The van der Waals surface area contributed by atoms with E-state index < -0.39 is 18.0 Å². The molecule has 0 amide bonds. The van der Waals surface area contributed by atoms with E-state index in [4.69, 9.17) is 0 Å². The minimum Gasteiger partial charge on any atom is -0.480 e. The predicted molar refractivity (Wildman–Crippen MR) is 92.7 cm³/mol. The van der Waals surface area contributed by atoms with Crippen LogP contribution in [0.25, 0.3) is 0 Å². The Kier molecular flexibility index (Phi) is 6.24. The molecule has 1 aliphatic heterocycles. The lowest BCUT2D eigenvalue weighted by molar-refractivity contribution is -0.141. The highest BCUT2D eigenvalue weighted by Gasteiger charge is 2.37. The molecule has 3 N–H and O–H groups in total. The molecule has 0 bridgehead atoms. The molecule has 2 aliphatic rings. The highest BCUT2D eigenvalue weighted by atomic mass is 35.5. The third kappa shape index (κ3) is 4.08. The van der Waals surface area contributed by atoms with Crippen LogP contribution in [0.4, 0.5) is 0 Å². The first kappa shape index (κ1) is 18.7. The van der Waals surface area contributed by atoms with E-state index in [2.05, 4.69) is 5.32 Å². The van der Waals surface area contributed by atoms with Crippen molar-refractivity contribution in [2.75, 3.05) is 6.54 Å². The first-order valence-electron chi connectivity index (χ1n) is 8.32. The van der Waals surface area contributed by atoms with E-state index in [9.17, 15) is 19.8 Å². The van der Waals surface area contributed by atoms with Crippen molar-refractivity contribution in [1.29, 1.82) is 0 Å². The van der Waals surface area contributed by atoms with Gasteiger partial charge in [0.2, 0.25) is 0 Å². The average Bonchev–Trinajstić information content (AvgIpc) is 2.54. The number of aliphatic carboxylic acids is 1. The molecule has 1 saturated carbocycles. The van der Waals surface area contributed by atoms with Gasteiger partial charge in [-0.3, -0.25) is 4.79 Å². The molecule has 24 heavy (non-hydrogen) atoms. The number of fused-ring (bicyclic) bond motifs is 1. The smallest absolute Gasteiger partial charge is 0.335 e. The molecule has 1 aromatic rings. The summed E-state index contributed by atoms with van der Waals surface area (Å²) >= 11 is 0. The Morgan fingerprint density at radius 1 is 1.08 bits per heavy atom. The number of hydrogen-bond donors (Lipinski definition) is 3. The van der Waals surface area contributed by atoms with Crippen molar-refractivity contribution in [3.63, 3.8) is 0 Å². The maximum Gasteiger partial charge on any atom is 0.335 e. The predicted octanol–water partition coefficient (Wildman–Crippen LogP) is 2.83. The van der Waals surface area contributed by atoms with Crippen molar-refractivity contribution in [1.82, 2.24) is 5.32 Å². The third-order valence-electron chi connectivity index (χ3n) is 5.47. The normalized spacial score (nSPS) is 29.2. The monoisotopic (exact) mass is 353 g/mol. The van der Waals surface area contributed by atoms with Gasteiger partial charge in [0.15, 0.2) is 0 Å². The summed E-state index contributed by atoms with van der Waals surface area (Å²) in [7, 11) is 0. The Morgan fingerprint density at radius 2 is 1.83 bits per heavy atom. The van der Waals surface area contributed by atoms with E-state index >= 15 is 0 Å². The molecule has 0 aromatic heterocycles. The Bertz CT molecular complexity index is 606. The molecule has 1 heterocycles. The van der Waals surface area contributed by atoms with Crippen LogP contribution in [0.5, 0.6) is 0 Å². The Hall–Kier alpha value is -1.59. The van der Waals surface area contributed by atoms with Crippen LogP contribution in [-0.4, -0.2) is 34.7 Å². The summed E-state index contributed by atoms with van der Waals surface area (Å²) in [4.78, 5) is 22.5. The van der Waals surface area contributed by atoms with Crippen LogP contribution in [0.3, 0.4) is 0 Å². The van der Waals surface area contributed by atoms with Crippen molar-refractivity contribution < 1.29 is 19.8 Å². The summed E-state index contributed by atoms with van der Waals surface area (Å²) in [6, 6.07) is 6.78. The largest absolute Gasteiger partial charge is 0.480 e. The van der Waals surface area contributed by atoms with Gasteiger partial charge in [0.1, 0.15) is 6.04 Å². The second-order valence-corrected chi connectivity index (χ2v) is 6.90. The second-order valence-electron chi connectivity index (χ2n) is 6.90. The molecule has 2 fully saturated rings. The fourth-order valence-corrected chi connectivity index (χ4v) is 4.25. The SMILES string of the molecule is Cl.O=C(O)c1ccccc1C[C@H]1CC[C@H]2CN[C@H](C(=O)O)C[C@H]2C1. The standard InChI is InChI=1S/C18H23NO4.ClH/c20-17(21)15-4-2-1-3-12(15)7-11-5-6-13-10-19-16(18(22)23)9-14(13)8-11;/h1-4,11,13-14,16,19H,5-10H2,(H,20,21)(H,22,23);1H/t11-,13+,14-,16+;/m1./s1. The Morgan fingerprint density at radius 3 is 2.54 bits per heavy atom. The average molecular weight is 354 g/mol. The molecule has 1 saturated heterocycles. The first-order valence-corrected chi connectivity index (χ1v) is 8.32. The summed E-state index contributed by atoms with van der Waals surface area (Å²) in [5.74, 6) is -0.183. The van der Waals surface area contributed by atoms with Gasteiger partial charge in [-0.25, -0.2) is 4.79 Å². The van der Waals surface area contributed by atoms with Crippen LogP contribution >= 0.6 is 12.4 Å². The molecule has 132 valence electrons. The number of benzene rings is 1. The molecule has 0 radical (unpaired) electrons. The fourth-order valence-electron chi connectivity index (χ4n) is 4.25. The van der Waals surface area contributed by atoms with Gasteiger partial charge in [-0.15, -0.1) is 12.4 Å². The van der Waals surface area contributed by atoms with E-state index in [1.807, 2.05) is 12.1 Å². The van der Waals surface area contributed by atoms with E-state index in [1.165, 1.54) is 0 Å². The van der Waals surface area contributed by atoms with Crippen LogP contribution in [0, 0.1) is 17.8 Å². The second kappa shape index (κ2) is 7.99. The lowest BCUT2D eigenvalue weighted by atomic mass is 9.68. The summed E-state index contributed by atoms with van der Waals surface area (Å²) in [6.07, 6.45) is 4.66. The van der Waals surface area contributed by atoms with Gasteiger partial charge >= 0.3 is 11.9 Å². The van der Waals surface area contributed by atoms with Crippen LogP contribution in [0.15, 0.2) is 24.3 Å². The van der Waals surface area contributed by atoms with Crippen LogP contribution in [-0.2, 0) is 11.2 Å². The number of nitrogens with one attached hydrogen (secondary N) is 1. The summed E-state index contributed by atoms with van der Waals surface area (Å²) in [5.41, 5.74) is 1.29. The molecule has 1 aromatic carbocycles. The number of piperidine rings is 1. The lowest BCUT2D eigenvalue weighted by Crippen LogP contribution is -2.49. The zero-order valence-corrected chi connectivity index (χ0v) is 14.3. The van der Waals surface area contributed by atoms with Crippen LogP contribution in [0.1, 0.15) is 41.6 Å². The van der Waals surface area contributed by atoms with Gasteiger partial charge < -0.3 is 15.5 Å². The van der Waals surface area contributed by atoms with Gasteiger partial charge in [0.25, 0.3) is 0 Å². The maximum atomic E-state index is 11.3. The zero-order valence-electron chi connectivity index (χ0n) is 13.5. The van der Waals surface area contributed by atoms with Crippen molar-refractivity contribution in [3.05, 3.63) is 35.4 Å². The third-order valence-corrected chi connectivity index (χ3v) is 5.47. The van der Waals surface area contributed by atoms with E-state index in [0.29, 0.717) is 29.7 Å². The van der Waals surface area contributed by atoms with E-state index in [1.54, 1.807) is 12.1 Å². The van der Waals surface area contributed by atoms with E-state index in [0.717, 1.165) is 37.8 Å². The summed E-state index contributed by atoms with van der Waals surface area (Å²) in [6.45, 7) is 0.792. The Balaban J connectivity index is 0.00000208. The molecule has 3 rings (SSSR count). The van der Waals surface area contributed by atoms with Crippen molar-refractivity contribution in [2.24, 2.45) is 17.8 Å². The number of carbonyl (C=O) groups is 2. The number of hydrogen-bond acceptors (Lipinski definition) is 3.